The Labute approximate surface area is 124 Å². The van der Waals surface area contributed by atoms with E-state index in [9.17, 15) is 14.7 Å². The standard InChI is InChI=1S/C16H22N2O3/c1-2-16(15(20)21)8-4-9-17(11-16)14(19)13-5-3-10-18(13)12-6-7-12/h3,5,10,12H,2,4,6-9,11H2,1H3,(H,20,21). The van der Waals surface area contributed by atoms with Gasteiger partial charge in [-0.05, 0) is 44.2 Å². The van der Waals surface area contributed by atoms with Crippen LogP contribution in [0.15, 0.2) is 18.3 Å². The molecule has 1 amide bonds. The minimum absolute atomic E-state index is 0.0225. The van der Waals surface area contributed by atoms with Crippen LogP contribution in [0.5, 0.6) is 0 Å². The lowest BCUT2D eigenvalue weighted by molar-refractivity contribution is -0.152. The molecule has 1 saturated carbocycles. The Hall–Kier alpha value is -1.78. The first-order valence-corrected chi connectivity index (χ1v) is 7.77. The second kappa shape index (κ2) is 5.20. The zero-order valence-electron chi connectivity index (χ0n) is 12.4. The highest BCUT2D eigenvalue weighted by Gasteiger charge is 2.42. The maximum atomic E-state index is 12.8. The minimum atomic E-state index is -0.778. The molecule has 0 spiro atoms. The summed E-state index contributed by atoms with van der Waals surface area (Å²) in [6, 6.07) is 4.21. The van der Waals surface area contributed by atoms with Gasteiger partial charge in [-0.3, -0.25) is 9.59 Å². The summed E-state index contributed by atoms with van der Waals surface area (Å²) in [6.07, 6.45) is 6.20. The van der Waals surface area contributed by atoms with Crippen LogP contribution in [0.4, 0.5) is 0 Å². The van der Waals surface area contributed by atoms with E-state index in [0.29, 0.717) is 37.7 Å². The van der Waals surface area contributed by atoms with Gasteiger partial charge in [0, 0.05) is 25.3 Å². The number of piperidine rings is 1. The van der Waals surface area contributed by atoms with Gasteiger partial charge < -0.3 is 14.6 Å². The van der Waals surface area contributed by atoms with Crippen LogP contribution in [0.3, 0.4) is 0 Å². The molecule has 5 nitrogen and oxygen atoms in total. The third-order valence-corrected chi connectivity index (χ3v) is 4.93. The molecule has 21 heavy (non-hydrogen) atoms. The summed E-state index contributed by atoms with van der Waals surface area (Å²) in [5.74, 6) is -0.800. The van der Waals surface area contributed by atoms with Crippen LogP contribution < -0.4 is 0 Å². The van der Waals surface area contributed by atoms with Gasteiger partial charge in [-0.2, -0.15) is 0 Å². The van der Waals surface area contributed by atoms with Crippen molar-refractivity contribution in [3.05, 3.63) is 24.0 Å². The van der Waals surface area contributed by atoms with E-state index in [1.807, 2.05) is 29.8 Å². The molecule has 2 aliphatic rings. The Bertz CT molecular complexity index is 562. The predicted molar refractivity (Wildman–Crippen MR) is 78.2 cm³/mol. The number of aliphatic carboxylic acids is 1. The number of carboxylic acids is 1. The second-order valence-corrected chi connectivity index (χ2v) is 6.30. The quantitative estimate of drug-likeness (QED) is 0.927. The number of amides is 1. The molecular weight excluding hydrogens is 268 g/mol. The molecule has 1 N–H and O–H groups in total. The molecule has 1 unspecified atom stereocenters. The Morgan fingerprint density at radius 3 is 2.81 bits per heavy atom. The zero-order valence-corrected chi connectivity index (χ0v) is 12.4. The third kappa shape index (κ3) is 2.45. The van der Waals surface area contributed by atoms with Crippen LogP contribution in [-0.2, 0) is 4.79 Å². The molecule has 114 valence electrons. The van der Waals surface area contributed by atoms with E-state index in [1.54, 1.807) is 4.90 Å². The molecule has 3 rings (SSSR count). The molecule has 1 aromatic heterocycles. The van der Waals surface area contributed by atoms with Crippen LogP contribution in [0.25, 0.3) is 0 Å². The lowest BCUT2D eigenvalue weighted by Gasteiger charge is -2.39. The van der Waals surface area contributed by atoms with Crippen molar-refractivity contribution in [2.75, 3.05) is 13.1 Å². The largest absolute Gasteiger partial charge is 0.481 e. The fourth-order valence-electron chi connectivity index (χ4n) is 3.33. The predicted octanol–water partition coefficient (Wildman–Crippen LogP) is 2.54. The topological polar surface area (TPSA) is 62.5 Å². The fourth-order valence-corrected chi connectivity index (χ4v) is 3.33. The van der Waals surface area contributed by atoms with Crippen LogP contribution >= 0.6 is 0 Å². The number of carbonyl (C=O) groups is 2. The number of likely N-dealkylation sites (tertiary alicyclic amines) is 1. The number of hydrogen-bond donors (Lipinski definition) is 1. The Kier molecular flexibility index (Phi) is 3.51. The van der Waals surface area contributed by atoms with E-state index in [0.717, 1.165) is 19.3 Å². The van der Waals surface area contributed by atoms with Crippen molar-refractivity contribution in [3.63, 3.8) is 0 Å². The van der Waals surface area contributed by atoms with Gasteiger partial charge >= 0.3 is 5.97 Å². The van der Waals surface area contributed by atoms with Crippen molar-refractivity contribution in [1.29, 1.82) is 0 Å². The number of rotatable bonds is 4. The fraction of sp³-hybridized carbons (Fsp3) is 0.625. The number of carboxylic acid groups (broad SMARTS) is 1. The van der Waals surface area contributed by atoms with Gasteiger partial charge in [0.25, 0.3) is 5.91 Å². The highest BCUT2D eigenvalue weighted by atomic mass is 16.4. The van der Waals surface area contributed by atoms with Crippen molar-refractivity contribution in [3.8, 4) is 0 Å². The van der Waals surface area contributed by atoms with E-state index in [2.05, 4.69) is 0 Å². The summed E-state index contributed by atoms with van der Waals surface area (Å²) in [4.78, 5) is 26.1. The summed E-state index contributed by atoms with van der Waals surface area (Å²) in [6.45, 7) is 2.88. The van der Waals surface area contributed by atoms with Crippen LogP contribution in [0, 0.1) is 5.41 Å². The van der Waals surface area contributed by atoms with Crippen molar-refractivity contribution >= 4 is 11.9 Å². The number of aromatic nitrogens is 1. The highest BCUT2D eigenvalue weighted by molar-refractivity contribution is 5.93. The molecule has 0 aromatic carbocycles. The van der Waals surface area contributed by atoms with Crippen molar-refractivity contribution in [2.24, 2.45) is 5.41 Å². The molecule has 0 radical (unpaired) electrons. The number of nitrogens with zero attached hydrogens (tertiary/aromatic N) is 2. The average Bonchev–Trinajstić information content (AvgIpc) is 3.23. The summed E-state index contributed by atoms with van der Waals surface area (Å²) >= 11 is 0. The smallest absolute Gasteiger partial charge is 0.311 e. The molecule has 1 aliphatic heterocycles. The van der Waals surface area contributed by atoms with Crippen molar-refractivity contribution in [2.45, 2.75) is 45.1 Å². The Balaban J connectivity index is 1.81. The normalized spacial score (nSPS) is 25.9. The van der Waals surface area contributed by atoms with Crippen LogP contribution in [0.1, 0.15) is 55.6 Å². The maximum Gasteiger partial charge on any atom is 0.311 e. The van der Waals surface area contributed by atoms with Gasteiger partial charge in [0.1, 0.15) is 5.69 Å². The van der Waals surface area contributed by atoms with E-state index in [1.165, 1.54) is 0 Å². The van der Waals surface area contributed by atoms with Gasteiger partial charge in [0.2, 0.25) is 0 Å². The highest BCUT2D eigenvalue weighted by Crippen LogP contribution is 2.37. The summed E-state index contributed by atoms with van der Waals surface area (Å²) in [5.41, 5.74) is -0.0694. The monoisotopic (exact) mass is 290 g/mol. The lowest BCUT2D eigenvalue weighted by Crippen LogP contribution is -2.50. The van der Waals surface area contributed by atoms with E-state index < -0.39 is 11.4 Å². The Morgan fingerprint density at radius 2 is 2.19 bits per heavy atom. The molecule has 5 heteroatoms. The summed E-state index contributed by atoms with van der Waals surface area (Å²) in [7, 11) is 0. The first kappa shape index (κ1) is 14.2. The first-order chi connectivity index (χ1) is 10.1. The second-order valence-electron chi connectivity index (χ2n) is 6.30. The number of hydrogen-bond acceptors (Lipinski definition) is 2. The SMILES string of the molecule is CCC1(C(=O)O)CCCN(C(=O)c2cccn2C2CC2)C1. The van der Waals surface area contributed by atoms with Gasteiger partial charge in [0.15, 0.2) is 0 Å². The molecule has 1 aromatic rings. The van der Waals surface area contributed by atoms with Gasteiger partial charge in [-0.25, -0.2) is 0 Å². The molecule has 1 atom stereocenters. The van der Waals surface area contributed by atoms with E-state index in [4.69, 9.17) is 0 Å². The van der Waals surface area contributed by atoms with Crippen molar-refractivity contribution < 1.29 is 14.7 Å². The molecule has 1 aliphatic carbocycles. The maximum absolute atomic E-state index is 12.8. The van der Waals surface area contributed by atoms with Crippen molar-refractivity contribution in [1.82, 2.24) is 9.47 Å². The first-order valence-electron chi connectivity index (χ1n) is 7.77. The zero-order chi connectivity index (χ0) is 15.0. The van der Waals surface area contributed by atoms with E-state index in [-0.39, 0.29) is 5.91 Å². The molecule has 1 saturated heterocycles. The van der Waals surface area contributed by atoms with E-state index >= 15 is 0 Å². The van der Waals surface area contributed by atoms with Crippen LogP contribution in [0.2, 0.25) is 0 Å². The third-order valence-electron chi connectivity index (χ3n) is 4.93. The lowest BCUT2D eigenvalue weighted by atomic mass is 9.77. The summed E-state index contributed by atoms with van der Waals surface area (Å²) < 4.78 is 2.05. The molecule has 2 fully saturated rings. The van der Waals surface area contributed by atoms with Crippen LogP contribution in [-0.4, -0.2) is 39.5 Å². The van der Waals surface area contributed by atoms with Gasteiger partial charge in [-0.15, -0.1) is 0 Å². The number of carbonyl (C=O) groups excluding carboxylic acids is 1. The molecule has 0 bridgehead atoms. The van der Waals surface area contributed by atoms with Gasteiger partial charge in [-0.1, -0.05) is 6.92 Å². The minimum Gasteiger partial charge on any atom is -0.481 e. The van der Waals surface area contributed by atoms with Gasteiger partial charge in [0.05, 0.1) is 5.41 Å². The summed E-state index contributed by atoms with van der Waals surface area (Å²) in [5, 5.41) is 9.53. The average molecular weight is 290 g/mol. The molecule has 2 heterocycles. The Morgan fingerprint density at radius 1 is 1.43 bits per heavy atom. The molecular formula is C16H22N2O3.